The highest BCUT2D eigenvalue weighted by Gasteiger charge is 2.03. The minimum atomic E-state index is -0.176. The van der Waals surface area contributed by atoms with Crippen LogP contribution in [0.15, 0.2) is 53.0 Å². The van der Waals surface area contributed by atoms with Crippen molar-refractivity contribution in [2.24, 2.45) is 0 Å². The van der Waals surface area contributed by atoms with Crippen molar-refractivity contribution in [1.29, 1.82) is 0 Å². The van der Waals surface area contributed by atoms with E-state index in [0.717, 1.165) is 29.4 Å². The predicted molar refractivity (Wildman–Crippen MR) is 85.4 cm³/mol. The van der Waals surface area contributed by atoms with Gasteiger partial charge in [-0.3, -0.25) is 0 Å². The molecule has 1 nitrogen and oxygen atoms in total. The highest BCUT2D eigenvalue weighted by Crippen LogP contribution is 2.12. The lowest BCUT2D eigenvalue weighted by Gasteiger charge is -2.14. The summed E-state index contributed by atoms with van der Waals surface area (Å²) in [7, 11) is 0. The maximum absolute atomic E-state index is 12.8. The van der Waals surface area contributed by atoms with E-state index in [-0.39, 0.29) is 5.82 Å². The standard InChI is InChI=1S/C17H19BrFN/c1-13(12-15-2-6-16(18)7-3-15)20-11-10-14-4-8-17(19)9-5-14/h2-9,13,20H,10-12H2,1H3. The van der Waals surface area contributed by atoms with Gasteiger partial charge in [-0.1, -0.05) is 40.2 Å². The molecule has 0 aliphatic heterocycles. The lowest BCUT2D eigenvalue weighted by atomic mass is 10.1. The van der Waals surface area contributed by atoms with Gasteiger partial charge in [-0.15, -0.1) is 0 Å². The maximum atomic E-state index is 12.8. The Hall–Kier alpha value is -1.19. The van der Waals surface area contributed by atoms with Gasteiger partial charge in [-0.05, 0) is 61.7 Å². The molecule has 1 N–H and O–H groups in total. The van der Waals surface area contributed by atoms with Gasteiger partial charge in [0.2, 0.25) is 0 Å². The van der Waals surface area contributed by atoms with Crippen LogP contribution in [0.2, 0.25) is 0 Å². The van der Waals surface area contributed by atoms with E-state index >= 15 is 0 Å². The predicted octanol–water partition coefficient (Wildman–Crippen LogP) is 4.35. The molecule has 2 rings (SSSR count). The molecule has 0 aromatic heterocycles. The number of halogens is 2. The molecule has 0 fully saturated rings. The first-order valence-corrected chi connectivity index (χ1v) is 7.65. The molecule has 1 atom stereocenters. The fraction of sp³-hybridized carbons (Fsp3) is 0.294. The van der Waals surface area contributed by atoms with Gasteiger partial charge in [-0.2, -0.15) is 0 Å². The molecule has 0 radical (unpaired) electrons. The van der Waals surface area contributed by atoms with Crippen molar-refractivity contribution in [3.8, 4) is 0 Å². The Morgan fingerprint density at radius 2 is 1.60 bits per heavy atom. The molecule has 1 unspecified atom stereocenters. The fourth-order valence-electron chi connectivity index (χ4n) is 2.16. The number of hydrogen-bond donors (Lipinski definition) is 1. The van der Waals surface area contributed by atoms with E-state index in [1.54, 1.807) is 0 Å². The van der Waals surface area contributed by atoms with E-state index in [1.165, 1.54) is 17.7 Å². The van der Waals surface area contributed by atoms with Crippen molar-refractivity contribution in [3.05, 3.63) is 69.9 Å². The summed E-state index contributed by atoms with van der Waals surface area (Å²) in [6.07, 6.45) is 1.93. The van der Waals surface area contributed by atoms with Crippen LogP contribution in [0.5, 0.6) is 0 Å². The maximum Gasteiger partial charge on any atom is 0.123 e. The van der Waals surface area contributed by atoms with Gasteiger partial charge in [0.1, 0.15) is 5.82 Å². The van der Waals surface area contributed by atoms with Crippen LogP contribution in [0.3, 0.4) is 0 Å². The topological polar surface area (TPSA) is 12.0 Å². The molecule has 0 aliphatic carbocycles. The quantitative estimate of drug-likeness (QED) is 0.827. The minimum Gasteiger partial charge on any atom is -0.314 e. The van der Waals surface area contributed by atoms with Crippen molar-refractivity contribution in [1.82, 2.24) is 5.32 Å². The summed E-state index contributed by atoms with van der Waals surface area (Å²) in [5, 5.41) is 3.50. The Morgan fingerprint density at radius 3 is 2.25 bits per heavy atom. The smallest absolute Gasteiger partial charge is 0.123 e. The van der Waals surface area contributed by atoms with E-state index in [4.69, 9.17) is 0 Å². The number of benzene rings is 2. The molecule has 3 heteroatoms. The Kier molecular flexibility index (Phi) is 5.74. The summed E-state index contributed by atoms with van der Waals surface area (Å²) in [5.41, 5.74) is 2.49. The zero-order chi connectivity index (χ0) is 14.4. The summed E-state index contributed by atoms with van der Waals surface area (Å²) in [6, 6.07) is 15.6. The molecule has 0 saturated heterocycles. The Morgan fingerprint density at radius 1 is 1.00 bits per heavy atom. The summed E-state index contributed by atoms with van der Waals surface area (Å²) in [6.45, 7) is 3.09. The number of nitrogens with one attached hydrogen (secondary N) is 1. The van der Waals surface area contributed by atoms with Gasteiger partial charge >= 0.3 is 0 Å². The Labute approximate surface area is 128 Å². The van der Waals surface area contributed by atoms with Crippen LogP contribution in [-0.4, -0.2) is 12.6 Å². The molecule has 0 saturated carbocycles. The van der Waals surface area contributed by atoms with Gasteiger partial charge < -0.3 is 5.32 Å². The zero-order valence-electron chi connectivity index (χ0n) is 11.6. The average molecular weight is 336 g/mol. The average Bonchev–Trinajstić information content (AvgIpc) is 2.44. The SMILES string of the molecule is CC(Cc1ccc(Br)cc1)NCCc1ccc(F)cc1. The molecule has 106 valence electrons. The van der Waals surface area contributed by atoms with E-state index in [1.807, 2.05) is 12.1 Å². The molecule has 0 bridgehead atoms. The van der Waals surface area contributed by atoms with Gasteiger partial charge in [0.05, 0.1) is 0 Å². The molecule has 2 aromatic carbocycles. The summed E-state index contributed by atoms with van der Waals surface area (Å²) >= 11 is 3.44. The molecule has 0 spiro atoms. The molecule has 0 aliphatic rings. The first-order chi connectivity index (χ1) is 9.63. The third-order valence-corrected chi connectivity index (χ3v) is 3.80. The van der Waals surface area contributed by atoms with E-state index in [2.05, 4.69) is 52.4 Å². The van der Waals surface area contributed by atoms with E-state index in [0.29, 0.717) is 6.04 Å². The van der Waals surface area contributed by atoms with Crippen molar-refractivity contribution in [2.75, 3.05) is 6.54 Å². The Balaban J connectivity index is 1.73. The fourth-order valence-corrected chi connectivity index (χ4v) is 2.42. The molecular weight excluding hydrogens is 317 g/mol. The third kappa shape index (κ3) is 5.06. The summed E-state index contributed by atoms with van der Waals surface area (Å²) < 4.78 is 13.9. The summed E-state index contributed by atoms with van der Waals surface area (Å²) in [5.74, 6) is -0.176. The molecule has 0 heterocycles. The normalized spacial score (nSPS) is 12.3. The number of rotatable bonds is 6. The van der Waals surface area contributed by atoms with Crippen molar-refractivity contribution in [2.45, 2.75) is 25.8 Å². The second-order valence-electron chi connectivity index (χ2n) is 5.06. The van der Waals surface area contributed by atoms with Gasteiger partial charge in [0, 0.05) is 10.5 Å². The largest absolute Gasteiger partial charge is 0.314 e. The molecule has 2 aromatic rings. The lowest BCUT2D eigenvalue weighted by Crippen LogP contribution is -2.29. The van der Waals surface area contributed by atoms with Crippen LogP contribution >= 0.6 is 15.9 Å². The zero-order valence-corrected chi connectivity index (χ0v) is 13.2. The van der Waals surface area contributed by atoms with Crippen LogP contribution in [0, 0.1) is 5.82 Å². The Bertz CT molecular complexity index is 522. The van der Waals surface area contributed by atoms with Crippen LogP contribution in [0.1, 0.15) is 18.1 Å². The molecule has 0 amide bonds. The second-order valence-corrected chi connectivity index (χ2v) is 5.98. The first-order valence-electron chi connectivity index (χ1n) is 6.86. The third-order valence-electron chi connectivity index (χ3n) is 3.27. The van der Waals surface area contributed by atoms with Crippen molar-refractivity contribution in [3.63, 3.8) is 0 Å². The molecular formula is C17H19BrFN. The van der Waals surface area contributed by atoms with Crippen LogP contribution in [0.4, 0.5) is 4.39 Å². The van der Waals surface area contributed by atoms with Crippen LogP contribution < -0.4 is 5.32 Å². The van der Waals surface area contributed by atoms with E-state index in [9.17, 15) is 4.39 Å². The summed E-state index contributed by atoms with van der Waals surface area (Å²) in [4.78, 5) is 0. The monoisotopic (exact) mass is 335 g/mol. The van der Waals surface area contributed by atoms with Crippen molar-refractivity contribution >= 4 is 15.9 Å². The highest BCUT2D eigenvalue weighted by molar-refractivity contribution is 9.10. The van der Waals surface area contributed by atoms with Gasteiger partial charge in [0.25, 0.3) is 0 Å². The van der Waals surface area contributed by atoms with Crippen molar-refractivity contribution < 1.29 is 4.39 Å². The van der Waals surface area contributed by atoms with E-state index < -0.39 is 0 Å². The minimum absolute atomic E-state index is 0.176. The lowest BCUT2D eigenvalue weighted by molar-refractivity contribution is 0.548. The second kappa shape index (κ2) is 7.55. The number of hydrogen-bond acceptors (Lipinski definition) is 1. The van der Waals surface area contributed by atoms with Crippen LogP contribution in [-0.2, 0) is 12.8 Å². The van der Waals surface area contributed by atoms with Gasteiger partial charge in [-0.25, -0.2) is 4.39 Å². The molecule has 20 heavy (non-hydrogen) atoms. The highest BCUT2D eigenvalue weighted by atomic mass is 79.9. The van der Waals surface area contributed by atoms with Gasteiger partial charge in [0.15, 0.2) is 0 Å². The van der Waals surface area contributed by atoms with Crippen LogP contribution in [0.25, 0.3) is 0 Å². The first kappa shape index (κ1) is 15.2.